The summed E-state index contributed by atoms with van der Waals surface area (Å²) in [5.41, 5.74) is 0.803. The lowest BCUT2D eigenvalue weighted by atomic mass is 9.95. The molecule has 134 valence electrons. The van der Waals surface area contributed by atoms with Crippen molar-refractivity contribution in [2.45, 2.75) is 32.1 Å². The van der Waals surface area contributed by atoms with Gasteiger partial charge in [-0.15, -0.1) is 10.2 Å². The van der Waals surface area contributed by atoms with Crippen LogP contribution in [-0.4, -0.2) is 45.8 Å². The number of carbonyl (C=O) groups excluding carboxylic acids is 1. The first-order valence-electron chi connectivity index (χ1n) is 8.62. The molecule has 0 aliphatic carbocycles. The van der Waals surface area contributed by atoms with Crippen molar-refractivity contribution in [3.8, 4) is 11.5 Å². The van der Waals surface area contributed by atoms with Gasteiger partial charge in [0.05, 0.1) is 0 Å². The van der Waals surface area contributed by atoms with Crippen molar-refractivity contribution < 1.29 is 14.3 Å². The van der Waals surface area contributed by atoms with Crippen LogP contribution in [-0.2, 0) is 11.2 Å². The molecule has 0 radical (unpaired) electrons. The summed E-state index contributed by atoms with van der Waals surface area (Å²) in [4.78, 5) is 14.3. The lowest BCUT2D eigenvalue weighted by Crippen LogP contribution is -2.40. The Morgan fingerprint density at radius 1 is 1.32 bits per heavy atom. The van der Waals surface area contributed by atoms with Gasteiger partial charge in [-0.25, -0.2) is 0 Å². The number of halogens is 1. The zero-order valence-corrected chi connectivity index (χ0v) is 14.8. The van der Waals surface area contributed by atoms with Gasteiger partial charge in [0.25, 0.3) is 0 Å². The second-order valence-corrected chi connectivity index (χ2v) is 6.80. The zero-order chi connectivity index (χ0) is 17.6. The fraction of sp³-hybridized carbons (Fsp3) is 0.500. The highest BCUT2D eigenvalue weighted by atomic mass is 35.5. The molecule has 1 aliphatic heterocycles. The minimum Gasteiger partial charge on any atom is -0.421 e. The molecule has 1 atom stereocenters. The molecule has 1 N–H and O–H groups in total. The molecule has 6 nitrogen and oxygen atoms in total. The zero-order valence-electron chi connectivity index (χ0n) is 14.0. The SMILES string of the molecule is O=C(CCc1nnc(-c2ccc(Cl)cc2)o1)N1CCC[C@H](CCO)C1. The number of aryl methyl sites for hydroxylation is 1. The number of hydrogen-bond acceptors (Lipinski definition) is 5. The maximum absolute atomic E-state index is 12.4. The average Bonchev–Trinajstić information content (AvgIpc) is 3.10. The fourth-order valence-corrected chi connectivity index (χ4v) is 3.27. The van der Waals surface area contributed by atoms with E-state index in [4.69, 9.17) is 21.1 Å². The van der Waals surface area contributed by atoms with Crippen molar-refractivity contribution >= 4 is 17.5 Å². The lowest BCUT2D eigenvalue weighted by Gasteiger charge is -2.32. The van der Waals surface area contributed by atoms with Crippen LogP contribution in [0.2, 0.25) is 5.02 Å². The summed E-state index contributed by atoms with van der Waals surface area (Å²) in [5.74, 6) is 1.40. The van der Waals surface area contributed by atoms with Crippen molar-refractivity contribution in [2.24, 2.45) is 5.92 Å². The van der Waals surface area contributed by atoms with E-state index in [0.717, 1.165) is 37.9 Å². The van der Waals surface area contributed by atoms with Gasteiger partial charge in [0.2, 0.25) is 17.7 Å². The molecule has 7 heteroatoms. The molecule has 1 fully saturated rings. The number of amides is 1. The van der Waals surface area contributed by atoms with E-state index in [1.807, 2.05) is 17.0 Å². The lowest BCUT2D eigenvalue weighted by molar-refractivity contribution is -0.133. The number of piperidine rings is 1. The number of aliphatic hydroxyl groups is 1. The Bertz CT molecular complexity index is 700. The molecule has 2 aromatic rings. The number of aliphatic hydroxyl groups excluding tert-OH is 1. The van der Waals surface area contributed by atoms with E-state index in [1.165, 1.54) is 0 Å². The summed E-state index contributed by atoms with van der Waals surface area (Å²) in [7, 11) is 0. The third kappa shape index (κ3) is 4.80. The van der Waals surface area contributed by atoms with Gasteiger partial charge in [-0.1, -0.05) is 11.6 Å². The molecule has 2 heterocycles. The minimum atomic E-state index is 0.105. The average molecular weight is 364 g/mol. The molecule has 1 aromatic carbocycles. The highest BCUT2D eigenvalue weighted by Crippen LogP contribution is 2.22. The standard InChI is InChI=1S/C18H22ClN3O3/c19-15-5-3-14(4-6-15)18-21-20-16(25-18)7-8-17(24)22-10-1-2-13(12-22)9-11-23/h3-6,13,23H,1-2,7-12H2/t13-/m1/s1. The van der Waals surface area contributed by atoms with Crippen LogP contribution < -0.4 is 0 Å². The normalized spacial score (nSPS) is 17.7. The molecule has 0 spiro atoms. The van der Waals surface area contributed by atoms with Gasteiger partial charge in [0.1, 0.15) is 0 Å². The number of nitrogens with zero attached hydrogens (tertiary/aromatic N) is 3. The van der Waals surface area contributed by atoms with Crippen LogP contribution in [0.4, 0.5) is 0 Å². The minimum absolute atomic E-state index is 0.105. The Morgan fingerprint density at radius 3 is 2.88 bits per heavy atom. The first kappa shape index (κ1) is 17.9. The highest BCUT2D eigenvalue weighted by molar-refractivity contribution is 6.30. The van der Waals surface area contributed by atoms with Crippen LogP contribution in [0.3, 0.4) is 0 Å². The van der Waals surface area contributed by atoms with Gasteiger partial charge < -0.3 is 14.4 Å². The van der Waals surface area contributed by atoms with Crippen molar-refractivity contribution in [3.05, 3.63) is 35.2 Å². The third-order valence-corrected chi connectivity index (χ3v) is 4.77. The second-order valence-electron chi connectivity index (χ2n) is 6.37. The summed E-state index contributed by atoms with van der Waals surface area (Å²) in [6.45, 7) is 1.71. The van der Waals surface area contributed by atoms with Gasteiger partial charge in [-0.3, -0.25) is 4.79 Å². The molecular formula is C18H22ClN3O3. The van der Waals surface area contributed by atoms with Crippen molar-refractivity contribution in [2.75, 3.05) is 19.7 Å². The molecule has 0 unspecified atom stereocenters. The largest absolute Gasteiger partial charge is 0.421 e. The predicted octanol–water partition coefficient (Wildman–Crippen LogP) is 2.94. The molecule has 1 aromatic heterocycles. The molecule has 0 bridgehead atoms. The Labute approximate surface area is 151 Å². The molecule has 3 rings (SSSR count). The van der Waals surface area contributed by atoms with Crippen LogP contribution in [0.25, 0.3) is 11.5 Å². The van der Waals surface area contributed by atoms with E-state index in [1.54, 1.807) is 12.1 Å². The maximum atomic E-state index is 12.4. The van der Waals surface area contributed by atoms with Crippen LogP contribution in [0.1, 0.15) is 31.6 Å². The molecular weight excluding hydrogens is 342 g/mol. The summed E-state index contributed by atoms with van der Waals surface area (Å²) in [5, 5.41) is 17.8. The summed E-state index contributed by atoms with van der Waals surface area (Å²) < 4.78 is 5.64. The number of benzene rings is 1. The molecule has 25 heavy (non-hydrogen) atoms. The van der Waals surface area contributed by atoms with Crippen LogP contribution in [0, 0.1) is 5.92 Å². The van der Waals surface area contributed by atoms with Gasteiger partial charge in [0, 0.05) is 43.1 Å². The number of carbonyl (C=O) groups is 1. The van der Waals surface area contributed by atoms with Crippen LogP contribution in [0.5, 0.6) is 0 Å². The third-order valence-electron chi connectivity index (χ3n) is 4.52. The Morgan fingerprint density at radius 2 is 2.12 bits per heavy atom. The molecule has 1 aliphatic rings. The molecule has 1 amide bonds. The van der Waals surface area contributed by atoms with Crippen molar-refractivity contribution in [1.29, 1.82) is 0 Å². The van der Waals surface area contributed by atoms with Crippen LogP contribution >= 0.6 is 11.6 Å². The van der Waals surface area contributed by atoms with Gasteiger partial charge >= 0.3 is 0 Å². The highest BCUT2D eigenvalue weighted by Gasteiger charge is 2.23. The van der Waals surface area contributed by atoms with E-state index < -0.39 is 0 Å². The quantitative estimate of drug-likeness (QED) is 0.853. The monoisotopic (exact) mass is 363 g/mol. The van der Waals surface area contributed by atoms with E-state index in [-0.39, 0.29) is 12.5 Å². The predicted molar refractivity (Wildman–Crippen MR) is 94.1 cm³/mol. The van der Waals surface area contributed by atoms with E-state index >= 15 is 0 Å². The topological polar surface area (TPSA) is 79.5 Å². The maximum Gasteiger partial charge on any atom is 0.247 e. The molecule has 1 saturated heterocycles. The Hall–Kier alpha value is -1.92. The van der Waals surface area contributed by atoms with E-state index in [9.17, 15) is 4.79 Å². The first-order valence-corrected chi connectivity index (χ1v) is 9.00. The first-order chi connectivity index (χ1) is 12.2. The Balaban J connectivity index is 1.53. The van der Waals surface area contributed by atoms with E-state index in [0.29, 0.717) is 35.6 Å². The van der Waals surface area contributed by atoms with Gasteiger partial charge in [-0.2, -0.15) is 0 Å². The van der Waals surface area contributed by atoms with E-state index in [2.05, 4.69) is 10.2 Å². The number of rotatable bonds is 6. The number of likely N-dealkylation sites (tertiary alicyclic amines) is 1. The van der Waals surface area contributed by atoms with Crippen molar-refractivity contribution in [3.63, 3.8) is 0 Å². The summed E-state index contributed by atoms with van der Waals surface area (Å²) in [6, 6.07) is 7.17. The van der Waals surface area contributed by atoms with Gasteiger partial charge in [0.15, 0.2) is 0 Å². The summed E-state index contributed by atoms with van der Waals surface area (Å²) >= 11 is 5.87. The van der Waals surface area contributed by atoms with Crippen molar-refractivity contribution in [1.82, 2.24) is 15.1 Å². The molecule has 0 saturated carbocycles. The number of aromatic nitrogens is 2. The Kier molecular flexibility index (Phi) is 6.04. The number of hydrogen-bond donors (Lipinski definition) is 1. The van der Waals surface area contributed by atoms with Crippen LogP contribution in [0.15, 0.2) is 28.7 Å². The summed E-state index contributed by atoms with van der Waals surface area (Å²) in [6.07, 6.45) is 3.63. The second kappa shape index (κ2) is 8.45. The smallest absolute Gasteiger partial charge is 0.247 e. The van der Waals surface area contributed by atoms with Gasteiger partial charge in [-0.05, 0) is 49.4 Å². The fourth-order valence-electron chi connectivity index (χ4n) is 3.15.